The van der Waals surface area contributed by atoms with Gasteiger partial charge >= 0.3 is 5.97 Å². The summed E-state index contributed by atoms with van der Waals surface area (Å²) in [4.78, 5) is 23.7. The number of ether oxygens (including phenoxy) is 1. The topological polar surface area (TPSA) is 55.4 Å². The van der Waals surface area contributed by atoms with Crippen LogP contribution in [0.15, 0.2) is 12.2 Å². The van der Waals surface area contributed by atoms with Crippen LogP contribution in [-0.4, -0.2) is 24.5 Å². The van der Waals surface area contributed by atoms with Gasteiger partial charge in [0.1, 0.15) is 6.10 Å². The highest BCUT2D eigenvalue weighted by atomic mass is 16.5. The van der Waals surface area contributed by atoms with E-state index in [0.29, 0.717) is 19.4 Å². The van der Waals surface area contributed by atoms with E-state index >= 15 is 0 Å². The Hall–Kier alpha value is -1.32. The largest absolute Gasteiger partial charge is 0.462 e. The van der Waals surface area contributed by atoms with Gasteiger partial charge in [-0.1, -0.05) is 12.2 Å². The molecule has 0 spiro atoms. The third-order valence-corrected chi connectivity index (χ3v) is 3.86. The van der Waals surface area contributed by atoms with Crippen molar-refractivity contribution in [2.45, 2.75) is 57.5 Å². The summed E-state index contributed by atoms with van der Waals surface area (Å²) in [6.45, 7) is 0.611. The SMILES string of the molecule is O=C1CCCCC=CCNC(=O)C2CCCC(C2)O1. The predicted octanol–water partition coefficient (Wildman–Crippen LogP) is 2.33. The molecule has 4 heteroatoms. The Kier molecular flexibility index (Phi) is 5.43. The molecule has 2 bridgehead atoms. The lowest BCUT2D eigenvalue weighted by Crippen LogP contribution is -2.36. The summed E-state index contributed by atoms with van der Waals surface area (Å²) in [5, 5.41) is 2.94. The van der Waals surface area contributed by atoms with E-state index in [9.17, 15) is 9.59 Å². The van der Waals surface area contributed by atoms with Crippen molar-refractivity contribution in [2.75, 3.05) is 6.54 Å². The van der Waals surface area contributed by atoms with E-state index in [-0.39, 0.29) is 23.9 Å². The highest BCUT2D eigenvalue weighted by Crippen LogP contribution is 2.27. The summed E-state index contributed by atoms with van der Waals surface area (Å²) in [5.41, 5.74) is 0. The standard InChI is InChI=1S/C15H23NO3/c17-14-9-4-2-1-3-5-10-16-15(18)12-7-6-8-13(11-12)19-14/h3,5,12-13H,1-2,4,6-11H2,(H,16,18). The first-order valence-electron chi connectivity index (χ1n) is 7.38. The van der Waals surface area contributed by atoms with Gasteiger partial charge in [0, 0.05) is 18.9 Å². The van der Waals surface area contributed by atoms with Crippen molar-refractivity contribution in [1.82, 2.24) is 5.32 Å². The minimum atomic E-state index is -0.105. The first-order valence-corrected chi connectivity index (χ1v) is 7.38. The van der Waals surface area contributed by atoms with Crippen LogP contribution in [0.4, 0.5) is 0 Å². The van der Waals surface area contributed by atoms with Crippen LogP contribution in [0.1, 0.15) is 51.4 Å². The van der Waals surface area contributed by atoms with Gasteiger partial charge in [-0.15, -0.1) is 0 Å². The third kappa shape index (κ3) is 4.69. The van der Waals surface area contributed by atoms with E-state index in [0.717, 1.165) is 38.5 Å². The lowest BCUT2D eigenvalue weighted by molar-refractivity contribution is -0.152. The molecule has 2 rings (SSSR count). The average Bonchev–Trinajstić information content (AvgIpc) is 2.41. The fourth-order valence-electron chi connectivity index (χ4n) is 2.77. The molecule has 1 fully saturated rings. The van der Waals surface area contributed by atoms with Crippen molar-refractivity contribution in [3.05, 3.63) is 12.2 Å². The third-order valence-electron chi connectivity index (χ3n) is 3.86. The van der Waals surface area contributed by atoms with Crippen molar-refractivity contribution in [3.63, 3.8) is 0 Å². The monoisotopic (exact) mass is 265 g/mol. The Bertz CT molecular complexity index is 351. The van der Waals surface area contributed by atoms with Crippen LogP contribution in [0.3, 0.4) is 0 Å². The van der Waals surface area contributed by atoms with Crippen molar-refractivity contribution in [1.29, 1.82) is 0 Å². The van der Waals surface area contributed by atoms with Crippen LogP contribution >= 0.6 is 0 Å². The molecule has 19 heavy (non-hydrogen) atoms. The van der Waals surface area contributed by atoms with E-state index in [1.165, 1.54) is 0 Å². The molecule has 106 valence electrons. The number of nitrogens with one attached hydrogen (secondary N) is 1. The molecule has 0 radical (unpaired) electrons. The second-order valence-electron chi connectivity index (χ2n) is 5.44. The second-order valence-corrected chi connectivity index (χ2v) is 5.44. The highest BCUT2D eigenvalue weighted by molar-refractivity contribution is 5.79. The lowest BCUT2D eigenvalue weighted by Gasteiger charge is -2.28. The Morgan fingerprint density at radius 2 is 2.00 bits per heavy atom. The number of carbonyl (C=O) groups is 2. The molecule has 1 amide bonds. The van der Waals surface area contributed by atoms with E-state index < -0.39 is 0 Å². The predicted molar refractivity (Wildman–Crippen MR) is 72.5 cm³/mol. The number of hydrogen-bond acceptors (Lipinski definition) is 3. The Morgan fingerprint density at radius 3 is 2.89 bits per heavy atom. The van der Waals surface area contributed by atoms with Crippen molar-refractivity contribution in [3.8, 4) is 0 Å². The number of carbonyl (C=O) groups excluding carboxylic acids is 2. The molecule has 4 nitrogen and oxygen atoms in total. The van der Waals surface area contributed by atoms with E-state index in [4.69, 9.17) is 4.74 Å². The molecule has 0 aromatic carbocycles. The summed E-state index contributed by atoms with van der Waals surface area (Å²) < 4.78 is 5.48. The maximum atomic E-state index is 12.0. The van der Waals surface area contributed by atoms with E-state index in [1.807, 2.05) is 6.08 Å². The van der Waals surface area contributed by atoms with Crippen LogP contribution in [-0.2, 0) is 14.3 Å². The van der Waals surface area contributed by atoms with Crippen molar-refractivity contribution >= 4 is 11.9 Å². The van der Waals surface area contributed by atoms with Crippen LogP contribution in [0.2, 0.25) is 0 Å². The first kappa shape index (κ1) is 14.1. The van der Waals surface area contributed by atoms with Gasteiger partial charge in [-0.3, -0.25) is 9.59 Å². The van der Waals surface area contributed by atoms with Crippen LogP contribution in [0.25, 0.3) is 0 Å². The molecule has 1 aliphatic carbocycles. The van der Waals surface area contributed by atoms with Crippen LogP contribution < -0.4 is 5.32 Å². The van der Waals surface area contributed by atoms with Crippen molar-refractivity contribution < 1.29 is 14.3 Å². The van der Waals surface area contributed by atoms with Crippen LogP contribution in [0.5, 0.6) is 0 Å². The lowest BCUT2D eigenvalue weighted by atomic mass is 9.86. The van der Waals surface area contributed by atoms with Gasteiger partial charge in [0.15, 0.2) is 0 Å². The van der Waals surface area contributed by atoms with Crippen molar-refractivity contribution in [2.24, 2.45) is 5.92 Å². The van der Waals surface area contributed by atoms with Gasteiger partial charge in [0.05, 0.1) is 0 Å². The molecular weight excluding hydrogens is 242 g/mol. The first-order chi connectivity index (χ1) is 9.25. The number of fused-ring (bicyclic) bond motifs is 2. The zero-order valence-corrected chi connectivity index (χ0v) is 11.4. The minimum Gasteiger partial charge on any atom is -0.462 e. The summed E-state index contributed by atoms with van der Waals surface area (Å²) in [6.07, 6.45) is 10.8. The van der Waals surface area contributed by atoms with Gasteiger partial charge in [0.25, 0.3) is 0 Å². The van der Waals surface area contributed by atoms with E-state index in [1.54, 1.807) is 0 Å². The molecule has 1 aliphatic heterocycles. The summed E-state index contributed by atoms with van der Waals surface area (Å²) in [7, 11) is 0. The zero-order chi connectivity index (χ0) is 13.5. The van der Waals surface area contributed by atoms with Crippen LogP contribution in [0, 0.1) is 5.92 Å². The molecular formula is C15H23NO3. The molecule has 2 unspecified atom stereocenters. The number of rotatable bonds is 0. The number of esters is 1. The minimum absolute atomic E-state index is 0.00268. The quantitative estimate of drug-likeness (QED) is 0.540. The van der Waals surface area contributed by atoms with Gasteiger partial charge in [0.2, 0.25) is 5.91 Å². The van der Waals surface area contributed by atoms with Gasteiger partial charge < -0.3 is 10.1 Å². The number of hydrogen-bond donors (Lipinski definition) is 1. The average molecular weight is 265 g/mol. The summed E-state index contributed by atoms with van der Waals surface area (Å²) in [6, 6.07) is 0. The summed E-state index contributed by atoms with van der Waals surface area (Å²) >= 11 is 0. The second kappa shape index (κ2) is 7.31. The van der Waals surface area contributed by atoms with Gasteiger partial charge in [-0.05, 0) is 44.9 Å². The molecule has 0 aromatic rings. The molecule has 0 saturated heterocycles. The molecule has 2 atom stereocenters. The normalized spacial score (nSPS) is 30.1. The fourth-order valence-corrected chi connectivity index (χ4v) is 2.77. The summed E-state index contributed by atoms with van der Waals surface area (Å²) in [5.74, 6) is -0.00236. The molecule has 0 aromatic heterocycles. The Morgan fingerprint density at radius 1 is 1.11 bits per heavy atom. The zero-order valence-electron chi connectivity index (χ0n) is 11.4. The molecule has 1 N–H and O–H groups in total. The van der Waals surface area contributed by atoms with Gasteiger partial charge in [-0.2, -0.15) is 0 Å². The molecule has 1 saturated carbocycles. The fraction of sp³-hybridized carbons (Fsp3) is 0.733. The van der Waals surface area contributed by atoms with Gasteiger partial charge in [-0.25, -0.2) is 0 Å². The highest BCUT2D eigenvalue weighted by Gasteiger charge is 2.29. The number of amides is 1. The maximum absolute atomic E-state index is 12.0. The Labute approximate surface area is 114 Å². The molecule has 2 aliphatic rings. The smallest absolute Gasteiger partial charge is 0.306 e. The molecule has 1 heterocycles. The maximum Gasteiger partial charge on any atom is 0.306 e. The number of allylic oxidation sites excluding steroid dienone is 1. The Balaban J connectivity index is 1.96. The van der Waals surface area contributed by atoms with E-state index in [2.05, 4.69) is 11.4 Å².